The van der Waals surface area contributed by atoms with Crippen LogP contribution in [0.1, 0.15) is 29.1 Å². The van der Waals surface area contributed by atoms with Gasteiger partial charge in [0.2, 0.25) is 0 Å². The minimum atomic E-state index is -0.311. The van der Waals surface area contributed by atoms with Crippen molar-refractivity contribution < 1.29 is 13.5 Å². The normalized spacial score (nSPS) is 17.6. The van der Waals surface area contributed by atoms with Gasteiger partial charge in [-0.1, -0.05) is 18.2 Å². The van der Waals surface area contributed by atoms with Crippen LogP contribution in [0.4, 0.5) is 4.39 Å². The summed E-state index contributed by atoms with van der Waals surface area (Å²) in [5.74, 6) is 1.87. The molecule has 3 heterocycles. The van der Waals surface area contributed by atoms with Crippen LogP contribution in [0, 0.1) is 5.82 Å². The van der Waals surface area contributed by atoms with Crippen LogP contribution in [0.25, 0.3) is 11.3 Å². The van der Waals surface area contributed by atoms with Gasteiger partial charge in [0.1, 0.15) is 29.1 Å². The first kappa shape index (κ1) is 22.6. The van der Waals surface area contributed by atoms with E-state index in [4.69, 9.17) is 21.4 Å². The number of rotatable bonds is 6. The maximum atomic E-state index is 13.6. The van der Waals surface area contributed by atoms with E-state index in [1.54, 1.807) is 19.4 Å². The summed E-state index contributed by atoms with van der Waals surface area (Å²) < 4.78 is 25.8. The van der Waals surface area contributed by atoms with Crippen molar-refractivity contribution in [3.63, 3.8) is 0 Å². The van der Waals surface area contributed by atoms with Crippen LogP contribution in [-0.2, 0) is 6.54 Å². The second kappa shape index (κ2) is 9.56. The van der Waals surface area contributed by atoms with Crippen molar-refractivity contribution in [2.24, 2.45) is 0 Å². The van der Waals surface area contributed by atoms with Gasteiger partial charge in [-0.25, -0.2) is 4.39 Å². The summed E-state index contributed by atoms with van der Waals surface area (Å²) in [5.41, 5.74) is 2.73. The van der Waals surface area contributed by atoms with E-state index in [0.29, 0.717) is 21.9 Å². The number of ether oxygens (including phenoxy) is 1. The molecule has 1 fully saturated rings. The number of benzene rings is 2. The number of nitrogens with zero attached hydrogens (tertiary/aromatic N) is 2. The minimum Gasteiger partial charge on any atom is -0.497 e. The zero-order valence-electron chi connectivity index (χ0n) is 18.2. The molecule has 2 aromatic heterocycles. The Bertz CT molecular complexity index is 1310. The zero-order chi connectivity index (χ0) is 23.7. The van der Waals surface area contributed by atoms with Gasteiger partial charge in [-0.05, 0) is 88.3 Å². The van der Waals surface area contributed by atoms with Gasteiger partial charge in [-0.3, -0.25) is 4.98 Å². The molecule has 2 aromatic carbocycles. The van der Waals surface area contributed by atoms with Crippen molar-refractivity contribution in [1.29, 1.82) is 0 Å². The third-order valence-electron chi connectivity index (χ3n) is 5.82. The van der Waals surface area contributed by atoms with E-state index in [-0.39, 0.29) is 17.9 Å². The van der Waals surface area contributed by atoms with E-state index in [0.717, 1.165) is 28.3 Å². The number of thiocarbonyl (C=S) groups is 1. The van der Waals surface area contributed by atoms with Crippen LogP contribution in [-0.4, -0.2) is 22.1 Å². The third kappa shape index (κ3) is 4.43. The van der Waals surface area contributed by atoms with Gasteiger partial charge >= 0.3 is 0 Å². The smallest absolute Gasteiger partial charge is 0.170 e. The lowest BCUT2D eigenvalue weighted by Gasteiger charge is -2.26. The Morgan fingerprint density at radius 3 is 2.65 bits per heavy atom. The molecule has 5 rings (SSSR count). The van der Waals surface area contributed by atoms with Crippen LogP contribution in [0.3, 0.4) is 0 Å². The summed E-state index contributed by atoms with van der Waals surface area (Å²) >= 11 is 9.19. The van der Waals surface area contributed by atoms with E-state index < -0.39 is 0 Å². The highest BCUT2D eigenvalue weighted by Gasteiger charge is 2.41. The predicted molar refractivity (Wildman–Crippen MR) is 136 cm³/mol. The second-order valence-electron chi connectivity index (χ2n) is 7.93. The topological polar surface area (TPSA) is 50.5 Å². The van der Waals surface area contributed by atoms with Crippen molar-refractivity contribution in [2.75, 3.05) is 7.11 Å². The highest BCUT2D eigenvalue weighted by molar-refractivity contribution is 9.10. The van der Waals surface area contributed by atoms with Crippen LogP contribution in [0.15, 0.2) is 87.9 Å². The zero-order valence-corrected chi connectivity index (χ0v) is 20.6. The predicted octanol–water partition coefficient (Wildman–Crippen LogP) is 6.42. The van der Waals surface area contributed by atoms with Crippen molar-refractivity contribution in [3.05, 3.63) is 106 Å². The summed E-state index contributed by atoms with van der Waals surface area (Å²) in [6, 6.07) is 21.7. The largest absolute Gasteiger partial charge is 0.497 e. The fraction of sp³-hybridized carbons (Fsp3) is 0.154. The number of hydrogen-bond donors (Lipinski definition) is 1. The summed E-state index contributed by atoms with van der Waals surface area (Å²) in [5, 5.41) is 4.05. The SMILES string of the molecule is COc1ccc(CN2C(=S)N[C@H](c3ccccn3)[C@@H]2c2ccc(-c3ccc(F)cc3Br)o2)cc1. The maximum Gasteiger partial charge on any atom is 0.170 e. The molecule has 0 radical (unpaired) electrons. The monoisotopic (exact) mass is 537 g/mol. The lowest BCUT2D eigenvalue weighted by Crippen LogP contribution is -2.29. The number of furan rings is 1. The van der Waals surface area contributed by atoms with Gasteiger partial charge in [-0.2, -0.15) is 0 Å². The standard InChI is InChI=1S/C26H21BrFN3O2S/c1-32-18-8-5-16(6-9-18)15-31-25(24(30-26(31)34)21-4-2-3-13-29-21)23-12-11-22(33-23)19-10-7-17(28)14-20(19)27/h2-14,24-25H,15H2,1H3,(H,30,34)/t24-,25+/m1/s1. The first-order valence-corrected chi connectivity index (χ1v) is 11.9. The summed E-state index contributed by atoms with van der Waals surface area (Å²) in [6.07, 6.45) is 1.77. The molecule has 5 nitrogen and oxygen atoms in total. The molecule has 1 N–H and O–H groups in total. The van der Waals surface area contributed by atoms with Crippen molar-refractivity contribution in [3.8, 4) is 17.1 Å². The van der Waals surface area contributed by atoms with Crippen molar-refractivity contribution in [2.45, 2.75) is 18.6 Å². The number of aromatic nitrogens is 1. The Morgan fingerprint density at radius 2 is 1.94 bits per heavy atom. The van der Waals surface area contributed by atoms with Gasteiger partial charge in [0, 0.05) is 22.8 Å². The third-order valence-corrected chi connectivity index (χ3v) is 6.83. The van der Waals surface area contributed by atoms with Crippen LogP contribution in [0.2, 0.25) is 0 Å². The van der Waals surface area contributed by atoms with E-state index in [9.17, 15) is 4.39 Å². The lowest BCUT2D eigenvalue weighted by atomic mass is 10.0. The molecule has 1 saturated heterocycles. The molecule has 172 valence electrons. The van der Waals surface area contributed by atoms with Gasteiger partial charge in [0.25, 0.3) is 0 Å². The van der Waals surface area contributed by atoms with E-state index in [2.05, 4.69) is 31.1 Å². The Labute approximate surface area is 210 Å². The van der Waals surface area contributed by atoms with E-state index in [1.807, 2.05) is 54.6 Å². The molecule has 8 heteroatoms. The fourth-order valence-electron chi connectivity index (χ4n) is 4.16. The van der Waals surface area contributed by atoms with Crippen LogP contribution < -0.4 is 10.1 Å². The molecule has 4 aromatic rings. The van der Waals surface area contributed by atoms with E-state index >= 15 is 0 Å². The first-order chi connectivity index (χ1) is 16.5. The van der Waals surface area contributed by atoms with Gasteiger partial charge in [-0.15, -0.1) is 0 Å². The number of pyridine rings is 1. The van der Waals surface area contributed by atoms with Crippen molar-refractivity contribution in [1.82, 2.24) is 15.2 Å². The molecule has 0 unspecified atom stereocenters. The Kier molecular flexibility index (Phi) is 6.34. The number of methoxy groups -OCH3 is 1. The minimum absolute atomic E-state index is 0.192. The molecule has 0 amide bonds. The molecule has 1 aliphatic heterocycles. The molecular weight excluding hydrogens is 517 g/mol. The average Bonchev–Trinajstić information content (AvgIpc) is 3.45. The number of hydrogen-bond acceptors (Lipinski definition) is 4. The summed E-state index contributed by atoms with van der Waals surface area (Å²) in [6.45, 7) is 0.583. The van der Waals surface area contributed by atoms with Crippen LogP contribution >= 0.6 is 28.1 Å². The highest BCUT2D eigenvalue weighted by Crippen LogP contribution is 2.42. The molecule has 2 atom stereocenters. The number of halogens is 2. The fourth-order valence-corrected chi connectivity index (χ4v) is 5.01. The van der Waals surface area contributed by atoms with Crippen molar-refractivity contribution >= 4 is 33.3 Å². The highest BCUT2D eigenvalue weighted by atomic mass is 79.9. The Hall–Kier alpha value is -3.23. The average molecular weight is 538 g/mol. The molecule has 0 saturated carbocycles. The van der Waals surface area contributed by atoms with Crippen LogP contribution in [0.5, 0.6) is 5.75 Å². The molecular formula is C26H21BrFN3O2S. The molecule has 0 spiro atoms. The van der Waals surface area contributed by atoms with Gasteiger partial charge in [0.15, 0.2) is 5.11 Å². The van der Waals surface area contributed by atoms with Gasteiger partial charge < -0.3 is 19.4 Å². The van der Waals surface area contributed by atoms with Gasteiger partial charge in [0.05, 0.1) is 18.8 Å². The molecule has 0 bridgehead atoms. The summed E-state index contributed by atoms with van der Waals surface area (Å²) in [4.78, 5) is 6.68. The van der Waals surface area contributed by atoms with E-state index in [1.165, 1.54) is 12.1 Å². The molecule has 1 aliphatic rings. The first-order valence-electron chi connectivity index (χ1n) is 10.7. The Balaban J connectivity index is 1.52. The second-order valence-corrected chi connectivity index (χ2v) is 9.17. The summed E-state index contributed by atoms with van der Waals surface area (Å²) in [7, 11) is 1.65. The maximum absolute atomic E-state index is 13.6. The molecule has 0 aliphatic carbocycles. The molecule has 34 heavy (non-hydrogen) atoms. The Morgan fingerprint density at radius 1 is 1.12 bits per heavy atom. The lowest BCUT2D eigenvalue weighted by molar-refractivity contribution is 0.269. The quantitative estimate of drug-likeness (QED) is 0.286. The number of nitrogens with one attached hydrogen (secondary N) is 1.